The molecular weight excluding hydrogens is 378 g/mol. The molecule has 1 aromatic carbocycles. The van der Waals surface area contributed by atoms with Crippen LogP contribution in [0.4, 0.5) is 0 Å². The first-order valence-electron chi connectivity index (χ1n) is 7.33. The molecule has 0 aliphatic rings. The van der Waals surface area contributed by atoms with Crippen LogP contribution in [0.15, 0.2) is 56.5 Å². The summed E-state index contributed by atoms with van der Waals surface area (Å²) in [6, 6.07) is 6.20. The van der Waals surface area contributed by atoms with E-state index in [1.165, 1.54) is 42.3 Å². The van der Waals surface area contributed by atoms with Gasteiger partial charge in [0, 0.05) is 10.9 Å². The molecule has 130 valence electrons. The second-order valence-electron chi connectivity index (χ2n) is 5.32. The molecule has 3 aromatic heterocycles. The third-order valence-corrected chi connectivity index (χ3v) is 4.84. The first-order chi connectivity index (χ1) is 12.5. The second kappa shape index (κ2) is 6.32. The summed E-state index contributed by atoms with van der Waals surface area (Å²) in [4.78, 5) is 17.6. The van der Waals surface area contributed by atoms with Crippen LogP contribution < -0.4 is 5.56 Å². The number of benzene rings is 1. The zero-order chi connectivity index (χ0) is 18.3. The van der Waals surface area contributed by atoms with E-state index in [0.29, 0.717) is 27.1 Å². The van der Waals surface area contributed by atoms with Crippen molar-refractivity contribution < 1.29 is 14.6 Å². The maximum atomic E-state index is 12.8. The van der Waals surface area contributed by atoms with E-state index in [0.717, 1.165) is 4.68 Å². The Bertz CT molecular complexity index is 1170. The van der Waals surface area contributed by atoms with Crippen molar-refractivity contribution in [3.05, 3.63) is 63.2 Å². The van der Waals surface area contributed by atoms with Gasteiger partial charge in [0.05, 0.1) is 22.9 Å². The van der Waals surface area contributed by atoms with E-state index in [1.807, 2.05) is 5.38 Å². The number of phenolic OH excluding ortho intramolecular Hbond substituents is 2. The number of phenols is 2. The molecule has 0 spiro atoms. The van der Waals surface area contributed by atoms with E-state index in [4.69, 9.17) is 16.0 Å². The minimum absolute atomic E-state index is 0.0229. The van der Waals surface area contributed by atoms with Crippen LogP contribution in [0.3, 0.4) is 0 Å². The van der Waals surface area contributed by atoms with Gasteiger partial charge in [-0.2, -0.15) is 9.78 Å². The van der Waals surface area contributed by atoms with E-state index >= 15 is 0 Å². The van der Waals surface area contributed by atoms with Gasteiger partial charge in [-0.05, 0) is 29.8 Å². The molecular formula is C17H10ClN3O4S. The van der Waals surface area contributed by atoms with Crippen molar-refractivity contribution in [1.82, 2.24) is 9.66 Å². The molecule has 7 nitrogen and oxygen atoms in total. The Labute approximate surface area is 155 Å². The summed E-state index contributed by atoms with van der Waals surface area (Å²) >= 11 is 7.15. The number of nitrogens with zero attached hydrogens (tertiary/aromatic N) is 3. The van der Waals surface area contributed by atoms with Crippen molar-refractivity contribution in [2.45, 2.75) is 0 Å². The van der Waals surface area contributed by atoms with Crippen molar-refractivity contribution >= 4 is 39.4 Å². The maximum Gasteiger partial charge on any atom is 0.283 e. The van der Waals surface area contributed by atoms with Crippen LogP contribution in [-0.2, 0) is 0 Å². The van der Waals surface area contributed by atoms with Crippen LogP contribution in [0.5, 0.6) is 11.5 Å². The summed E-state index contributed by atoms with van der Waals surface area (Å²) in [5, 5.41) is 25.4. The summed E-state index contributed by atoms with van der Waals surface area (Å²) in [5.74, 6) is -0.213. The molecule has 2 N–H and O–H groups in total. The predicted octanol–water partition coefficient (Wildman–Crippen LogP) is 3.66. The Hall–Kier alpha value is -3.10. The van der Waals surface area contributed by atoms with Gasteiger partial charge in [0.2, 0.25) is 0 Å². The van der Waals surface area contributed by atoms with Gasteiger partial charge < -0.3 is 14.6 Å². The molecule has 0 aliphatic heterocycles. The van der Waals surface area contributed by atoms with E-state index < -0.39 is 5.75 Å². The normalized spacial score (nSPS) is 11.6. The molecule has 0 saturated carbocycles. The molecule has 0 atom stereocenters. The Morgan fingerprint density at radius 3 is 2.92 bits per heavy atom. The van der Waals surface area contributed by atoms with Crippen molar-refractivity contribution in [3.8, 4) is 22.8 Å². The van der Waals surface area contributed by atoms with Crippen molar-refractivity contribution in [2.24, 2.45) is 5.10 Å². The van der Waals surface area contributed by atoms with Crippen molar-refractivity contribution in [3.63, 3.8) is 0 Å². The largest absolute Gasteiger partial charge is 0.504 e. The third-order valence-electron chi connectivity index (χ3n) is 3.66. The topological polar surface area (TPSA) is 101 Å². The summed E-state index contributed by atoms with van der Waals surface area (Å²) in [6.45, 7) is 0. The van der Waals surface area contributed by atoms with Crippen LogP contribution in [0.25, 0.3) is 21.5 Å². The van der Waals surface area contributed by atoms with E-state index in [1.54, 1.807) is 12.1 Å². The van der Waals surface area contributed by atoms with Gasteiger partial charge in [-0.25, -0.2) is 4.98 Å². The zero-order valence-corrected chi connectivity index (χ0v) is 14.5. The number of hydrogen-bond acceptors (Lipinski definition) is 7. The molecule has 3 heterocycles. The van der Waals surface area contributed by atoms with Crippen molar-refractivity contribution in [1.29, 1.82) is 0 Å². The first kappa shape index (κ1) is 16.4. The summed E-state index contributed by atoms with van der Waals surface area (Å²) < 4.78 is 6.46. The fraction of sp³-hybridized carbons (Fsp3) is 0. The molecule has 4 rings (SSSR count). The molecule has 4 aromatic rings. The molecule has 0 fully saturated rings. The minimum atomic E-state index is -0.412. The third kappa shape index (κ3) is 2.75. The predicted molar refractivity (Wildman–Crippen MR) is 99.4 cm³/mol. The molecule has 0 saturated heterocycles. The quantitative estimate of drug-likeness (QED) is 0.412. The standard InChI is InChI=1S/C17H10ClN3O4S/c18-11-4-9(5-12(22)15(11)23)6-20-21-8-19-16-14(17(21)24)10(7-26-16)13-2-1-3-25-13/h1-8,22-23H/b20-6+. The number of furan rings is 1. The van der Waals surface area contributed by atoms with Gasteiger partial charge >= 0.3 is 0 Å². The SMILES string of the molecule is O=c1c2c(-c3ccco3)csc2ncn1/N=C/c1cc(O)c(O)c(Cl)c1. The average molecular weight is 388 g/mol. The number of thiophene rings is 1. The summed E-state index contributed by atoms with van der Waals surface area (Å²) in [5.41, 5.74) is 0.712. The molecule has 0 unspecified atom stereocenters. The lowest BCUT2D eigenvalue weighted by molar-refractivity contribution is 0.404. The number of aromatic nitrogens is 2. The Kier molecular flexibility index (Phi) is 3.98. The van der Waals surface area contributed by atoms with Crippen LogP contribution >= 0.6 is 22.9 Å². The highest BCUT2D eigenvalue weighted by atomic mass is 35.5. The molecule has 9 heteroatoms. The highest BCUT2D eigenvalue weighted by Gasteiger charge is 2.14. The van der Waals surface area contributed by atoms with E-state index in [-0.39, 0.29) is 16.3 Å². The second-order valence-corrected chi connectivity index (χ2v) is 6.58. The fourth-order valence-electron chi connectivity index (χ4n) is 2.43. The smallest absolute Gasteiger partial charge is 0.283 e. The number of hydrogen-bond donors (Lipinski definition) is 2. The van der Waals surface area contributed by atoms with Gasteiger partial charge in [-0.1, -0.05) is 11.6 Å². The highest BCUT2D eigenvalue weighted by molar-refractivity contribution is 7.17. The van der Waals surface area contributed by atoms with Crippen LogP contribution in [0.2, 0.25) is 5.02 Å². The van der Waals surface area contributed by atoms with E-state index in [9.17, 15) is 15.0 Å². The number of halogens is 1. The average Bonchev–Trinajstić information content (AvgIpc) is 3.28. The van der Waals surface area contributed by atoms with Gasteiger partial charge in [0.1, 0.15) is 16.9 Å². The maximum absolute atomic E-state index is 12.8. The Morgan fingerprint density at radius 2 is 2.19 bits per heavy atom. The van der Waals surface area contributed by atoms with Gasteiger partial charge in [0.15, 0.2) is 11.5 Å². The van der Waals surface area contributed by atoms with Crippen LogP contribution in [-0.4, -0.2) is 26.1 Å². The first-order valence-corrected chi connectivity index (χ1v) is 8.59. The van der Waals surface area contributed by atoms with Gasteiger partial charge in [-0.15, -0.1) is 11.3 Å². The monoisotopic (exact) mass is 387 g/mol. The number of rotatable bonds is 3. The van der Waals surface area contributed by atoms with Gasteiger partial charge in [-0.3, -0.25) is 4.79 Å². The lowest BCUT2D eigenvalue weighted by Gasteiger charge is -2.02. The molecule has 0 aliphatic carbocycles. The van der Waals surface area contributed by atoms with Crippen LogP contribution in [0, 0.1) is 0 Å². The van der Waals surface area contributed by atoms with Gasteiger partial charge in [0.25, 0.3) is 5.56 Å². The minimum Gasteiger partial charge on any atom is -0.504 e. The summed E-state index contributed by atoms with van der Waals surface area (Å²) in [7, 11) is 0. The molecule has 0 radical (unpaired) electrons. The van der Waals surface area contributed by atoms with Crippen molar-refractivity contribution in [2.75, 3.05) is 0 Å². The number of aromatic hydroxyl groups is 2. The lowest BCUT2D eigenvalue weighted by Crippen LogP contribution is -2.16. The molecule has 0 bridgehead atoms. The number of fused-ring (bicyclic) bond motifs is 1. The lowest BCUT2D eigenvalue weighted by atomic mass is 10.2. The Balaban J connectivity index is 1.79. The fourth-order valence-corrected chi connectivity index (χ4v) is 3.54. The van der Waals surface area contributed by atoms with Crippen LogP contribution in [0.1, 0.15) is 5.56 Å². The summed E-state index contributed by atoms with van der Waals surface area (Å²) in [6.07, 6.45) is 4.18. The molecule has 26 heavy (non-hydrogen) atoms. The zero-order valence-electron chi connectivity index (χ0n) is 13.0. The highest BCUT2D eigenvalue weighted by Crippen LogP contribution is 2.33. The van der Waals surface area contributed by atoms with E-state index in [2.05, 4.69) is 10.1 Å². The molecule has 0 amide bonds. The Morgan fingerprint density at radius 1 is 1.35 bits per heavy atom.